The SMILES string of the molecule is O=C(CCS(=O)(=O)N1CCOCC1)NCc1cn[nH]c1. The van der Waals surface area contributed by atoms with E-state index in [4.69, 9.17) is 4.74 Å². The number of hydrogen-bond donors (Lipinski definition) is 2. The number of nitrogens with zero attached hydrogens (tertiary/aromatic N) is 2. The van der Waals surface area contributed by atoms with Gasteiger partial charge in [0.05, 0.1) is 25.2 Å². The fraction of sp³-hybridized carbons (Fsp3) is 0.636. The number of ether oxygens (including phenoxy) is 1. The average molecular weight is 302 g/mol. The Labute approximate surface area is 117 Å². The van der Waals surface area contributed by atoms with Crippen LogP contribution >= 0.6 is 0 Å². The minimum Gasteiger partial charge on any atom is -0.379 e. The molecule has 0 radical (unpaired) electrons. The minimum absolute atomic E-state index is 0.0441. The molecule has 20 heavy (non-hydrogen) atoms. The molecule has 0 aliphatic carbocycles. The average Bonchev–Trinajstić information content (AvgIpc) is 2.97. The summed E-state index contributed by atoms with van der Waals surface area (Å²) in [6, 6.07) is 0. The van der Waals surface area contributed by atoms with E-state index in [0.29, 0.717) is 32.8 Å². The van der Waals surface area contributed by atoms with Gasteiger partial charge in [-0.15, -0.1) is 0 Å². The normalized spacial score (nSPS) is 17.0. The van der Waals surface area contributed by atoms with Gasteiger partial charge in [0, 0.05) is 37.8 Å². The number of morpholine rings is 1. The molecule has 0 spiro atoms. The van der Waals surface area contributed by atoms with Crippen molar-refractivity contribution in [1.82, 2.24) is 19.8 Å². The summed E-state index contributed by atoms with van der Waals surface area (Å²) in [7, 11) is -3.38. The number of sulfonamides is 1. The van der Waals surface area contributed by atoms with Crippen LogP contribution in [-0.4, -0.2) is 60.9 Å². The fourth-order valence-electron chi connectivity index (χ4n) is 1.84. The molecule has 8 nitrogen and oxygen atoms in total. The smallest absolute Gasteiger partial charge is 0.221 e. The molecule has 0 bridgehead atoms. The Morgan fingerprint density at radius 2 is 2.20 bits per heavy atom. The van der Waals surface area contributed by atoms with Gasteiger partial charge in [-0.25, -0.2) is 8.42 Å². The first-order valence-electron chi connectivity index (χ1n) is 6.38. The van der Waals surface area contributed by atoms with Gasteiger partial charge in [-0.1, -0.05) is 0 Å². The Balaban J connectivity index is 1.74. The zero-order chi connectivity index (χ0) is 14.4. The second-order valence-electron chi connectivity index (χ2n) is 4.46. The second-order valence-corrected chi connectivity index (χ2v) is 6.55. The number of H-pyrrole nitrogens is 1. The number of carbonyl (C=O) groups excluding carboxylic acids is 1. The first kappa shape index (κ1) is 14.9. The summed E-state index contributed by atoms with van der Waals surface area (Å²) in [6.45, 7) is 1.88. The standard InChI is InChI=1S/C11H18N4O4S/c16-11(12-7-10-8-13-14-9-10)1-6-20(17,18)15-2-4-19-5-3-15/h8-9H,1-7H2,(H,12,16)(H,13,14). The van der Waals surface area contributed by atoms with Gasteiger partial charge in [0.25, 0.3) is 0 Å². The van der Waals surface area contributed by atoms with Gasteiger partial charge in [-0.3, -0.25) is 9.89 Å². The van der Waals surface area contributed by atoms with E-state index < -0.39 is 10.0 Å². The molecule has 1 aromatic heterocycles. The first-order valence-corrected chi connectivity index (χ1v) is 7.99. The van der Waals surface area contributed by atoms with Crippen LogP contribution in [0.15, 0.2) is 12.4 Å². The molecular weight excluding hydrogens is 284 g/mol. The summed E-state index contributed by atoms with van der Waals surface area (Å²) < 4.78 is 30.5. The highest BCUT2D eigenvalue weighted by Gasteiger charge is 2.24. The van der Waals surface area contributed by atoms with Crippen molar-refractivity contribution in [3.8, 4) is 0 Å². The minimum atomic E-state index is -3.38. The maximum absolute atomic E-state index is 12.0. The van der Waals surface area contributed by atoms with Crippen molar-refractivity contribution in [2.24, 2.45) is 0 Å². The van der Waals surface area contributed by atoms with Crippen LogP contribution in [0.2, 0.25) is 0 Å². The van der Waals surface area contributed by atoms with Crippen molar-refractivity contribution in [2.75, 3.05) is 32.1 Å². The molecule has 1 aliphatic heterocycles. The molecule has 2 heterocycles. The molecule has 2 rings (SSSR count). The van der Waals surface area contributed by atoms with E-state index >= 15 is 0 Å². The Kier molecular flexibility index (Phi) is 5.10. The van der Waals surface area contributed by atoms with Gasteiger partial charge in [0.15, 0.2) is 0 Å². The zero-order valence-corrected chi connectivity index (χ0v) is 11.9. The predicted octanol–water partition coefficient (Wildman–Crippen LogP) is -0.922. The van der Waals surface area contributed by atoms with E-state index in [1.54, 1.807) is 12.4 Å². The van der Waals surface area contributed by atoms with E-state index in [1.165, 1.54) is 4.31 Å². The van der Waals surface area contributed by atoms with Crippen molar-refractivity contribution in [1.29, 1.82) is 0 Å². The number of aromatic amines is 1. The van der Waals surface area contributed by atoms with E-state index in [1.807, 2.05) is 0 Å². The quantitative estimate of drug-likeness (QED) is 0.707. The topological polar surface area (TPSA) is 104 Å². The van der Waals surface area contributed by atoms with Gasteiger partial charge < -0.3 is 10.1 Å². The lowest BCUT2D eigenvalue weighted by Gasteiger charge is -2.25. The molecule has 2 N–H and O–H groups in total. The number of carbonyl (C=O) groups is 1. The van der Waals surface area contributed by atoms with Crippen molar-refractivity contribution in [3.05, 3.63) is 18.0 Å². The van der Waals surface area contributed by atoms with Crippen LogP contribution < -0.4 is 5.32 Å². The highest BCUT2D eigenvalue weighted by atomic mass is 32.2. The van der Waals surface area contributed by atoms with Crippen LogP contribution in [0.1, 0.15) is 12.0 Å². The largest absolute Gasteiger partial charge is 0.379 e. The van der Waals surface area contributed by atoms with Crippen molar-refractivity contribution < 1.29 is 17.9 Å². The Morgan fingerprint density at radius 3 is 2.85 bits per heavy atom. The molecule has 0 aromatic carbocycles. The highest BCUT2D eigenvalue weighted by Crippen LogP contribution is 2.07. The number of amides is 1. The summed E-state index contributed by atoms with van der Waals surface area (Å²) in [5, 5.41) is 9.05. The molecule has 1 amide bonds. The fourth-order valence-corrected chi connectivity index (χ4v) is 3.25. The molecule has 9 heteroatoms. The molecule has 112 valence electrons. The summed E-state index contributed by atoms with van der Waals surface area (Å²) in [4.78, 5) is 11.6. The summed E-state index contributed by atoms with van der Waals surface area (Å²) in [5.41, 5.74) is 0.842. The first-order chi connectivity index (χ1) is 9.58. The number of nitrogens with one attached hydrogen (secondary N) is 2. The maximum atomic E-state index is 12.0. The van der Waals surface area contributed by atoms with Crippen molar-refractivity contribution >= 4 is 15.9 Å². The summed E-state index contributed by atoms with van der Waals surface area (Å²) in [6.07, 6.45) is 3.23. The third-order valence-electron chi connectivity index (χ3n) is 3.00. The van der Waals surface area contributed by atoms with E-state index in [2.05, 4.69) is 15.5 Å². The molecule has 1 aliphatic rings. The van der Waals surface area contributed by atoms with E-state index in [0.717, 1.165) is 5.56 Å². The Bertz CT molecular complexity index is 523. The Morgan fingerprint density at radius 1 is 1.45 bits per heavy atom. The summed E-state index contributed by atoms with van der Waals surface area (Å²) >= 11 is 0. The molecule has 1 saturated heterocycles. The van der Waals surface area contributed by atoms with Gasteiger partial charge in [-0.05, 0) is 0 Å². The maximum Gasteiger partial charge on any atom is 0.221 e. The lowest BCUT2D eigenvalue weighted by molar-refractivity contribution is -0.120. The van der Waals surface area contributed by atoms with Crippen LogP contribution in [0.4, 0.5) is 0 Å². The second kappa shape index (κ2) is 6.82. The Hall–Kier alpha value is -1.45. The van der Waals surface area contributed by atoms with Crippen molar-refractivity contribution in [3.63, 3.8) is 0 Å². The third-order valence-corrected chi connectivity index (χ3v) is 4.87. The molecule has 0 saturated carbocycles. The zero-order valence-electron chi connectivity index (χ0n) is 11.0. The molecule has 0 atom stereocenters. The molecule has 1 aromatic rings. The van der Waals surface area contributed by atoms with Crippen LogP contribution in [0.5, 0.6) is 0 Å². The molecule has 0 unspecified atom stereocenters. The van der Waals surface area contributed by atoms with Gasteiger partial charge in [-0.2, -0.15) is 9.40 Å². The van der Waals surface area contributed by atoms with Gasteiger partial charge >= 0.3 is 0 Å². The lowest BCUT2D eigenvalue weighted by atomic mass is 10.3. The van der Waals surface area contributed by atoms with E-state index in [-0.39, 0.29) is 18.1 Å². The van der Waals surface area contributed by atoms with Gasteiger partial charge in [0.1, 0.15) is 0 Å². The van der Waals surface area contributed by atoms with Crippen LogP contribution in [0, 0.1) is 0 Å². The van der Waals surface area contributed by atoms with Crippen LogP contribution in [0.25, 0.3) is 0 Å². The number of hydrogen-bond acceptors (Lipinski definition) is 5. The van der Waals surface area contributed by atoms with E-state index in [9.17, 15) is 13.2 Å². The van der Waals surface area contributed by atoms with Crippen LogP contribution in [0.3, 0.4) is 0 Å². The van der Waals surface area contributed by atoms with Crippen LogP contribution in [-0.2, 0) is 26.1 Å². The predicted molar refractivity (Wildman–Crippen MR) is 71.2 cm³/mol. The highest BCUT2D eigenvalue weighted by molar-refractivity contribution is 7.89. The molecule has 1 fully saturated rings. The summed E-state index contributed by atoms with van der Waals surface area (Å²) in [5.74, 6) is -0.465. The molecular formula is C11H18N4O4S. The third kappa shape index (κ3) is 4.29. The lowest BCUT2D eigenvalue weighted by Crippen LogP contribution is -2.42. The number of aromatic nitrogens is 2. The van der Waals surface area contributed by atoms with Crippen molar-refractivity contribution in [2.45, 2.75) is 13.0 Å². The number of rotatable bonds is 6. The van der Waals surface area contributed by atoms with Gasteiger partial charge in [0.2, 0.25) is 15.9 Å². The monoisotopic (exact) mass is 302 g/mol.